The Kier molecular flexibility index (Phi) is 11.5. The minimum atomic E-state index is -0.887. The van der Waals surface area contributed by atoms with Gasteiger partial charge in [0.15, 0.2) is 5.82 Å². The molecule has 5 aromatic rings. The molecule has 55 heavy (non-hydrogen) atoms. The summed E-state index contributed by atoms with van der Waals surface area (Å²) in [7, 11) is 0. The lowest BCUT2D eigenvalue weighted by atomic mass is 9.99. The van der Waals surface area contributed by atoms with Crippen molar-refractivity contribution in [1.82, 2.24) is 40.4 Å². The Morgan fingerprint density at radius 3 is 2.60 bits per heavy atom. The van der Waals surface area contributed by atoms with E-state index in [0.29, 0.717) is 60.2 Å². The molecule has 2 atom stereocenters. The summed E-state index contributed by atoms with van der Waals surface area (Å²) in [5.41, 5.74) is 4.45. The summed E-state index contributed by atoms with van der Waals surface area (Å²) in [6.45, 7) is 8.18. The van der Waals surface area contributed by atoms with Gasteiger partial charge in [-0.2, -0.15) is 4.68 Å². The molecular weight excluding hydrogens is 744 g/mol. The third-order valence-corrected chi connectivity index (χ3v) is 11.2. The number of ether oxygens (including phenoxy) is 1. The third-order valence-electron chi connectivity index (χ3n) is 9.77. The number of anilines is 1. The SMILES string of the molecule is Cc1sc2c(c1C)C(c1ccc(Cl)cc1)=NC(CC(=O)NCCCOCCCCNc1cccc3nnn(C4CCC(=O)NC4=O)c(=O)c13)c1nnc(C)n1-2. The molecule has 3 N–H and O–H groups in total. The van der Waals surface area contributed by atoms with Crippen molar-refractivity contribution in [3.63, 3.8) is 0 Å². The number of aliphatic imine (C=N–C) groups is 1. The van der Waals surface area contributed by atoms with Crippen LogP contribution >= 0.6 is 22.9 Å². The first-order chi connectivity index (χ1) is 26.6. The molecule has 5 heterocycles. The first-order valence-electron chi connectivity index (χ1n) is 18.3. The minimum absolute atomic E-state index is 0.115. The summed E-state index contributed by atoms with van der Waals surface area (Å²) in [5, 5.41) is 27.5. The molecule has 2 unspecified atom stereocenters. The Hall–Kier alpha value is -5.32. The number of hydrogen-bond acceptors (Lipinski definition) is 12. The Bertz CT molecular complexity index is 2350. The number of halogens is 1. The maximum absolute atomic E-state index is 13.4. The normalized spacial score (nSPS) is 16.6. The second-order valence-corrected chi connectivity index (χ2v) is 15.2. The Morgan fingerprint density at radius 1 is 1.00 bits per heavy atom. The first kappa shape index (κ1) is 38.0. The molecule has 286 valence electrons. The minimum Gasteiger partial charge on any atom is -0.384 e. The predicted octanol–water partition coefficient (Wildman–Crippen LogP) is 4.69. The fraction of sp³-hybridized carbons (Fsp3) is 0.395. The first-order valence-corrected chi connectivity index (χ1v) is 19.5. The molecule has 2 aliphatic rings. The average Bonchev–Trinajstić information content (AvgIpc) is 3.64. The predicted molar refractivity (Wildman–Crippen MR) is 209 cm³/mol. The number of aromatic nitrogens is 6. The zero-order chi connectivity index (χ0) is 38.6. The molecule has 2 aliphatic heterocycles. The highest BCUT2D eigenvalue weighted by atomic mass is 35.5. The zero-order valence-electron chi connectivity index (χ0n) is 30.7. The number of amides is 3. The molecule has 0 saturated carbocycles. The maximum Gasteiger partial charge on any atom is 0.280 e. The van der Waals surface area contributed by atoms with Crippen LogP contribution in [-0.2, 0) is 19.1 Å². The van der Waals surface area contributed by atoms with Gasteiger partial charge in [0.25, 0.3) is 11.5 Å². The Labute approximate surface area is 325 Å². The van der Waals surface area contributed by atoms with Gasteiger partial charge >= 0.3 is 0 Å². The molecule has 7 rings (SSSR count). The lowest BCUT2D eigenvalue weighted by Gasteiger charge is -2.21. The number of fused-ring (bicyclic) bond motifs is 4. The highest BCUT2D eigenvalue weighted by Crippen LogP contribution is 2.39. The van der Waals surface area contributed by atoms with Gasteiger partial charge in [0, 0.05) is 59.4 Å². The van der Waals surface area contributed by atoms with Crippen molar-refractivity contribution in [2.24, 2.45) is 4.99 Å². The summed E-state index contributed by atoms with van der Waals surface area (Å²) in [6.07, 6.45) is 2.65. The number of carbonyl (C=O) groups is 3. The average molecular weight is 785 g/mol. The number of imide groups is 1. The fourth-order valence-electron chi connectivity index (χ4n) is 6.80. The monoisotopic (exact) mass is 784 g/mol. The van der Waals surface area contributed by atoms with Gasteiger partial charge in [-0.15, -0.1) is 26.6 Å². The molecule has 0 bridgehead atoms. The molecule has 0 aliphatic carbocycles. The Balaban J connectivity index is 0.879. The summed E-state index contributed by atoms with van der Waals surface area (Å²) in [6, 6.07) is 11.4. The van der Waals surface area contributed by atoms with Crippen molar-refractivity contribution in [3.8, 4) is 5.00 Å². The van der Waals surface area contributed by atoms with Gasteiger partial charge in [-0.25, -0.2) is 0 Å². The molecular formula is C38H41ClN10O5S. The van der Waals surface area contributed by atoms with Crippen LogP contribution in [0, 0.1) is 20.8 Å². The van der Waals surface area contributed by atoms with Gasteiger partial charge < -0.3 is 15.4 Å². The van der Waals surface area contributed by atoms with Crippen LogP contribution < -0.4 is 21.5 Å². The van der Waals surface area contributed by atoms with Gasteiger partial charge in [-0.3, -0.25) is 34.1 Å². The number of carbonyl (C=O) groups excluding carboxylic acids is 3. The van der Waals surface area contributed by atoms with E-state index in [9.17, 15) is 19.2 Å². The van der Waals surface area contributed by atoms with Crippen LogP contribution in [0.4, 0.5) is 5.69 Å². The number of thiophene rings is 1. The van der Waals surface area contributed by atoms with E-state index in [2.05, 4.69) is 50.3 Å². The smallest absolute Gasteiger partial charge is 0.280 e. The van der Waals surface area contributed by atoms with Crippen molar-refractivity contribution in [2.45, 2.75) is 71.4 Å². The molecule has 0 radical (unpaired) electrons. The van der Waals surface area contributed by atoms with Crippen LogP contribution in [0.1, 0.15) is 83.8 Å². The molecule has 0 spiro atoms. The quantitative estimate of drug-likeness (QED) is 0.105. The van der Waals surface area contributed by atoms with Crippen LogP contribution in [0.5, 0.6) is 0 Å². The number of benzene rings is 2. The second-order valence-electron chi connectivity index (χ2n) is 13.6. The van der Waals surface area contributed by atoms with E-state index in [1.54, 1.807) is 29.5 Å². The van der Waals surface area contributed by atoms with E-state index >= 15 is 0 Å². The van der Waals surface area contributed by atoms with E-state index < -0.39 is 23.6 Å². The maximum atomic E-state index is 13.4. The van der Waals surface area contributed by atoms with Crippen molar-refractivity contribution < 1.29 is 19.1 Å². The van der Waals surface area contributed by atoms with E-state index in [1.165, 1.54) is 4.88 Å². The molecule has 3 aromatic heterocycles. The number of nitrogens with one attached hydrogen (secondary N) is 3. The highest BCUT2D eigenvalue weighted by molar-refractivity contribution is 7.15. The van der Waals surface area contributed by atoms with Gasteiger partial charge in [-0.05, 0) is 76.3 Å². The van der Waals surface area contributed by atoms with Crippen LogP contribution in [0.15, 0.2) is 52.3 Å². The van der Waals surface area contributed by atoms with Crippen LogP contribution in [-0.4, -0.2) is 79.5 Å². The molecule has 2 aromatic carbocycles. The Morgan fingerprint density at radius 2 is 1.80 bits per heavy atom. The van der Waals surface area contributed by atoms with Crippen molar-refractivity contribution in [2.75, 3.05) is 31.6 Å². The number of aryl methyl sites for hydroxylation is 2. The summed E-state index contributed by atoms with van der Waals surface area (Å²) < 4.78 is 8.92. The molecule has 1 fully saturated rings. The standard InChI is InChI=1S/C38H41ClN10O5S/c1-21-22(2)55-38-32(21)34(24-10-12-25(39)13-11-24)42-28(35-46-44-23(3)48(35)38)20-31(51)41-17-7-19-54-18-5-4-16-40-26-8-6-9-27-33(26)37(53)49(47-45-27)29-14-15-30(50)43-36(29)52/h6,8-13,28-29,40H,4-5,7,14-20H2,1-3H3,(H,41,51)(H,43,50,52). The molecule has 1 saturated heterocycles. The van der Waals surface area contributed by atoms with Crippen LogP contribution in [0.3, 0.4) is 0 Å². The zero-order valence-corrected chi connectivity index (χ0v) is 32.3. The number of nitrogens with zero attached hydrogens (tertiary/aromatic N) is 7. The van der Waals surface area contributed by atoms with E-state index in [-0.39, 0.29) is 31.1 Å². The molecule has 17 heteroatoms. The van der Waals surface area contributed by atoms with Crippen molar-refractivity contribution in [1.29, 1.82) is 0 Å². The number of piperidine rings is 1. The van der Waals surface area contributed by atoms with Crippen molar-refractivity contribution in [3.05, 3.63) is 91.1 Å². The fourth-order valence-corrected chi connectivity index (χ4v) is 8.14. The van der Waals surface area contributed by atoms with Crippen LogP contribution in [0.2, 0.25) is 5.02 Å². The van der Waals surface area contributed by atoms with Gasteiger partial charge in [-0.1, -0.05) is 35.0 Å². The van der Waals surface area contributed by atoms with Crippen molar-refractivity contribution >= 4 is 63.0 Å². The number of unbranched alkanes of at least 4 members (excludes halogenated alkanes) is 1. The number of hydrogen-bond donors (Lipinski definition) is 3. The highest BCUT2D eigenvalue weighted by Gasteiger charge is 2.33. The third kappa shape index (κ3) is 8.07. The van der Waals surface area contributed by atoms with E-state index in [0.717, 1.165) is 50.8 Å². The van der Waals surface area contributed by atoms with Crippen LogP contribution in [0.25, 0.3) is 15.9 Å². The topological polar surface area (TPSA) is 187 Å². The molecule has 15 nitrogen and oxygen atoms in total. The number of rotatable bonds is 14. The molecule has 3 amide bonds. The van der Waals surface area contributed by atoms with Gasteiger partial charge in [0.1, 0.15) is 28.4 Å². The van der Waals surface area contributed by atoms with E-state index in [4.69, 9.17) is 21.3 Å². The summed E-state index contributed by atoms with van der Waals surface area (Å²) >= 11 is 7.89. The van der Waals surface area contributed by atoms with Gasteiger partial charge in [0.05, 0.1) is 17.5 Å². The summed E-state index contributed by atoms with van der Waals surface area (Å²) in [5.74, 6) is 0.313. The largest absolute Gasteiger partial charge is 0.384 e. The lowest BCUT2D eigenvalue weighted by molar-refractivity contribution is -0.136. The lowest BCUT2D eigenvalue weighted by Crippen LogP contribution is -2.45. The summed E-state index contributed by atoms with van der Waals surface area (Å²) in [4.78, 5) is 56.9. The van der Waals surface area contributed by atoms with E-state index in [1.807, 2.05) is 35.8 Å². The second kappa shape index (κ2) is 16.6. The van der Waals surface area contributed by atoms with Gasteiger partial charge in [0.2, 0.25) is 11.8 Å².